The van der Waals surface area contributed by atoms with Crippen LogP contribution in [-0.2, 0) is 0 Å². The largest absolute Gasteiger partial charge is 0.496 e. The minimum atomic E-state index is -0.549. The average molecular weight is 359 g/mol. The van der Waals surface area contributed by atoms with Crippen LogP contribution in [0.4, 0.5) is 15.8 Å². The summed E-state index contributed by atoms with van der Waals surface area (Å²) >= 11 is 0. The highest BCUT2D eigenvalue weighted by atomic mass is 19.1. The van der Waals surface area contributed by atoms with Crippen LogP contribution in [0.5, 0.6) is 5.75 Å². The minimum absolute atomic E-state index is 0.154. The summed E-state index contributed by atoms with van der Waals surface area (Å²) in [4.78, 5) is 26.7. The summed E-state index contributed by atoms with van der Waals surface area (Å²) in [7, 11) is 1.41. The van der Waals surface area contributed by atoms with E-state index in [2.05, 4.69) is 0 Å². The molecule has 0 unspecified atom stereocenters. The molecule has 0 spiro atoms. The van der Waals surface area contributed by atoms with Crippen LogP contribution in [-0.4, -0.2) is 49.0 Å². The van der Waals surface area contributed by atoms with Crippen LogP contribution in [0.25, 0.3) is 0 Å². The zero-order chi connectivity index (χ0) is 18.7. The average Bonchev–Trinajstić information content (AvgIpc) is 2.67. The molecule has 2 aromatic rings. The van der Waals surface area contributed by atoms with Gasteiger partial charge in [0.25, 0.3) is 11.6 Å². The molecule has 1 heterocycles. The Bertz CT molecular complexity index is 835. The molecule has 0 atom stereocenters. The molecule has 1 aliphatic rings. The van der Waals surface area contributed by atoms with Gasteiger partial charge in [0.05, 0.1) is 23.3 Å². The molecule has 3 rings (SSSR count). The molecule has 136 valence electrons. The van der Waals surface area contributed by atoms with Crippen LogP contribution in [0.15, 0.2) is 42.5 Å². The van der Waals surface area contributed by atoms with E-state index in [0.717, 1.165) is 0 Å². The SMILES string of the molecule is COc1ccc([N+](=O)[O-])cc1C(=O)N1CCN(c2ccccc2F)CC1. The molecule has 0 saturated carbocycles. The zero-order valence-corrected chi connectivity index (χ0v) is 14.2. The topological polar surface area (TPSA) is 75.9 Å². The van der Waals surface area contributed by atoms with Crippen molar-refractivity contribution >= 4 is 17.3 Å². The Kier molecular flexibility index (Phi) is 5.01. The van der Waals surface area contributed by atoms with E-state index in [4.69, 9.17) is 4.74 Å². The van der Waals surface area contributed by atoms with Gasteiger partial charge in [0.15, 0.2) is 0 Å². The zero-order valence-electron chi connectivity index (χ0n) is 14.2. The van der Waals surface area contributed by atoms with Gasteiger partial charge >= 0.3 is 0 Å². The number of nitro groups is 1. The fraction of sp³-hybridized carbons (Fsp3) is 0.278. The number of benzene rings is 2. The van der Waals surface area contributed by atoms with Crippen LogP contribution < -0.4 is 9.64 Å². The fourth-order valence-electron chi connectivity index (χ4n) is 3.01. The molecule has 2 aromatic carbocycles. The summed E-state index contributed by atoms with van der Waals surface area (Å²) in [5, 5.41) is 11.0. The Morgan fingerprint density at radius 3 is 2.46 bits per heavy atom. The van der Waals surface area contributed by atoms with Crippen molar-refractivity contribution in [3.8, 4) is 5.75 Å². The predicted octanol–water partition coefficient (Wildman–Crippen LogP) is 2.70. The van der Waals surface area contributed by atoms with E-state index < -0.39 is 4.92 Å². The van der Waals surface area contributed by atoms with E-state index in [0.29, 0.717) is 31.9 Å². The van der Waals surface area contributed by atoms with Gasteiger partial charge in [-0.15, -0.1) is 0 Å². The molecule has 0 aliphatic carbocycles. The summed E-state index contributed by atoms with van der Waals surface area (Å²) < 4.78 is 19.1. The molecular formula is C18H18FN3O4. The number of non-ortho nitro benzene ring substituents is 1. The number of hydrogen-bond acceptors (Lipinski definition) is 5. The quantitative estimate of drug-likeness (QED) is 0.620. The van der Waals surface area contributed by atoms with Gasteiger partial charge in [0, 0.05) is 38.3 Å². The summed E-state index contributed by atoms with van der Waals surface area (Å²) in [5.74, 6) is -0.344. The maximum Gasteiger partial charge on any atom is 0.270 e. The number of ether oxygens (including phenoxy) is 1. The Morgan fingerprint density at radius 1 is 1.15 bits per heavy atom. The Morgan fingerprint density at radius 2 is 1.85 bits per heavy atom. The molecule has 7 nitrogen and oxygen atoms in total. The highest BCUT2D eigenvalue weighted by Gasteiger charge is 2.26. The number of amides is 1. The summed E-state index contributed by atoms with van der Waals surface area (Å²) in [6, 6.07) is 10.4. The lowest BCUT2D eigenvalue weighted by atomic mass is 10.1. The van der Waals surface area contributed by atoms with Crippen LogP contribution in [0.1, 0.15) is 10.4 Å². The molecule has 0 radical (unpaired) electrons. The van der Waals surface area contributed by atoms with Crippen molar-refractivity contribution in [3.05, 3.63) is 64.0 Å². The Labute approximate surface area is 149 Å². The van der Waals surface area contributed by atoms with E-state index in [1.165, 1.54) is 31.4 Å². The van der Waals surface area contributed by atoms with Crippen molar-refractivity contribution in [1.82, 2.24) is 4.90 Å². The van der Waals surface area contributed by atoms with Gasteiger partial charge in [0.2, 0.25) is 0 Å². The van der Waals surface area contributed by atoms with Crippen molar-refractivity contribution in [2.45, 2.75) is 0 Å². The monoisotopic (exact) mass is 359 g/mol. The van der Waals surface area contributed by atoms with Crippen LogP contribution in [0.3, 0.4) is 0 Å². The van der Waals surface area contributed by atoms with Crippen molar-refractivity contribution in [3.63, 3.8) is 0 Å². The first kappa shape index (κ1) is 17.7. The first-order chi connectivity index (χ1) is 12.5. The number of carbonyl (C=O) groups excluding carboxylic acids is 1. The van der Waals surface area contributed by atoms with Gasteiger partial charge in [-0.3, -0.25) is 14.9 Å². The molecular weight excluding hydrogens is 341 g/mol. The molecule has 0 N–H and O–H groups in total. The molecule has 1 aliphatic heterocycles. The van der Waals surface area contributed by atoms with Crippen molar-refractivity contribution in [1.29, 1.82) is 0 Å². The molecule has 1 saturated heterocycles. The van der Waals surface area contributed by atoms with Gasteiger partial charge in [0.1, 0.15) is 11.6 Å². The standard InChI is InChI=1S/C18H18FN3O4/c1-26-17-7-6-13(22(24)25)12-14(17)18(23)21-10-8-20(9-11-21)16-5-3-2-4-15(16)19/h2-7,12H,8-11H2,1H3. The van der Waals surface area contributed by atoms with Crippen molar-refractivity contribution in [2.24, 2.45) is 0 Å². The lowest BCUT2D eigenvalue weighted by Crippen LogP contribution is -2.49. The van der Waals surface area contributed by atoms with E-state index >= 15 is 0 Å². The second-order valence-electron chi connectivity index (χ2n) is 5.87. The van der Waals surface area contributed by atoms with E-state index in [9.17, 15) is 19.3 Å². The van der Waals surface area contributed by atoms with Crippen LogP contribution in [0, 0.1) is 15.9 Å². The van der Waals surface area contributed by atoms with Gasteiger partial charge in [-0.05, 0) is 18.2 Å². The third-order valence-electron chi connectivity index (χ3n) is 4.38. The predicted molar refractivity (Wildman–Crippen MR) is 94.2 cm³/mol. The van der Waals surface area contributed by atoms with Crippen LogP contribution >= 0.6 is 0 Å². The molecule has 26 heavy (non-hydrogen) atoms. The van der Waals surface area contributed by atoms with E-state index in [1.807, 2.05) is 4.90 Å². The third kappa shape index (κ3) is 3.44. The number of nitro benzene ring substituents is 1. The first-order valence-electron chi connectivity index (χ1n) is 8.12. The number of methoxy groups -OCH3 is 1. The third-order valence-corrected chi connectivity index (χ3v) is 4.38. The number of anilines is 1. The number of rotatable bonds is 4. The summed E-state index contributed by atoms with van der Waals surface area (Å²) in [6.45, 7) is 1.73. The number of halogens is 1. The van der Waals surface area contributed by atoms with Crippen LogP contribution in [0.2, 0.25) is 0 Å². The first-order valence-corrected chi connectivity index (χ1v) is 8.12. The number of hydrogen-bond donors (Lipinski definition) is 0. The number of carbonyl (C=O) groups is 1. The Hall–Kier alpha value is -3.16. The molecule has 1 amide bonds. The smallest absolute Gasteiger partial charge is 0.270 e. The molecule has 8 heteroatoms. The van der Waals surface area contributed by atoms with Crippen molar-refractivity contribution in [2.75, 3.05) is 38.2 Å². The van der Waals surface area contributed by atoms with Gasteiger partial charge in [-0.25, -0.2) is 4.39 Å². The lowest BCUT2D eigenvalue weighted by Gasteiger charge is -2.36. The fourth-order valence-corrected chi connectivity index (χ4v) is 3.01. The number of para-hydroxylation sites is 1. The normalized spacial score (nSPS) is 14.2. The Balaban J connectivity index is 1.75. The minimum Gasteiger partial charge on any atom is -0.496 e. The highest BCUT2D eigenvalue weighted by molar-refractivity contribution is 5.97. The number of nitrogens with zero attached hydrogens (tertiary/aromatic N) is 3. The van der Waals surface area contributed by atoms with E-state index in [-0.39, 0.29) is 28.7 Å². The summed E-state index contributed by atoms with van der Waals surface area (Å²) in [6.07, 6.45) is 0. The van der Waals surface area contributed by atoms with Gasteiger partial charge < -0.3 is 14.5 Å². The molecule has 1 fully saturated rings. The molecule has 0 aromatic heterocycles. The summed E-state index contributed by atoms with van der Waals surface area (Å²) in [5.41, 5.74) is 0.493. The molecule has 0 bridgehead atoms. The second kappa shape index (κ2) is 7.38. The second-order valence-corrected chi connectivity index (χ2v) is 5.87. The lowest BCUT2D eigenvalue weighted by molar-refractivity contribution is -0.384. The van der Waals surface area contributed by atoms with Gasteiger partial charge in [-0.2, -0.15) is 0 Å². The highest BCUT2D eigenvalue weighted by Crippen LogP contribution is 2.26. The van der Waals surface area contributed by atoms with E-state index in [1.54, 1.807) is 23.1 Å². The maximum atomic E-state index is 13.9. The number of piperazine rings is 1. The van der Waals surface area contributed by atoms with Crippen molar-refractivity contribution < 1.29 is 18.8 Å². The maximum absolute atomic E-state index is 13.9. The van der Waals surface area contributed by atoms with Gasteiger partial charge in [-0.1, -0.05) is 12.1 Å².